The van der Waals surface area contributed by atoms with E-state index in [1.165, 1.54) is 6.92 Å². The summed E-state index contributed by atoms with van der Waals surface area (Å²) in [5.74, 6) is -0.928. The standard InChI is InChI=1S/C6H6O4/c1-3-6(9)4(7)2-5(8)10-3/h2,8-9H,1H3. The minimum absolute atomic E-state index is 0.0185. The van der Waals surface area contributed by atoms with Crippen LogP contribution in [0.2, 0.25) is 0 Å². The molecule has 0 unspecified atom stereocenters. The Morgan fingerprint density at radius 1 is 1.50 bits per heavy atom. The third kappa shape index (κ3) is 0.953. The zero-order valence-electron chi connectivity index (χ0n) is 5.29. The van der Waals surface area contributed by atoms with Crippen molar-refractivity contribution in [3.8, 4) is 11.7 Å². The van der Waals surface area contributed by atoms with E-state index < -0.39 is 17.1 Å². The monoisotopic (exact) mass is 142 g/mol. The van der Waals surface area contributed by atoms with Crippen LogP contribution < -0.4 is 5.43 Å². The Labute approximate surface area is 56.4 Å². The second-order valence-corrected chi connectivity index (χ2v) is 1.85. The molecule has 0 fully saturated rings. The van der Waals surface area contributed by atoms with Crippen LogP contribution in [0.3, 0.4) is 0 Å². The van der Waals surface area contributed by atoms with Crippen molar-refractivity contribution in [1.29, 1.82) is 0 Å². The molecule has 0 spiro atoms. The van der Waals surface area contributed by atoms with Crippen molar-refractivity contribution in [1.82, 2.24) is 0 Å². The molecule has 0 radical (unpaired) electrons. The average Bonchev–Trinajstić information content (AvgIpc) is 1.82. The highest BCUT2D eigenvalue weighted by atomic mass is 16.5. The van der Waals surface area contributed by atoms with E-state index in [-0.39, 0.29) is 5.76 Å². The molecule has 0 aliphatic heterocycles. The predicted molar refractivity (Wildman–Crippen MR) is 33.0 cm³/mol. The van der Waals surface area contributed by atoms with Crippen LogP contribution in [0.15, 0.2) is 15.3 Å². The summed E-state index contributed by atoms with van der Waals surface area (Å²) in [4.78, 5) is 10.6. The maximum Gasteiger partial charge on any atom is 0.286 e. The van der Waals surface area contributed by atoms with Gasteiger partial charge >= 0.3 is 0 Å². The van der Waals surface area contributed by atoms with Gasteiger partial charge in [-0.1, -0.05) is 0 Å². The summed E-state index contributed by atoms with van der Waals surface area (Å²) in [6.45, 7) is 1.39. The molecule has 0 aromatic carbocycles. The van der Waals surface area contributed by atoms with Gasteiger partial charge < -0.3 is 14.6 Å². The summed E-state index contributed by atoms with van der Waals surface area (Å²) in [5.41, 5.74) is -0.638. The zero-order valence-corrected chi connectivity index (χ0v) is 5.29. The van der Waals surface area contributed by atoms with Gasteiger partial charge in [0.1, 0.15) is 0 Å². The lowest BCUT2D eigenvalue weighted by molar-refractivity contribution is 0.298. The lowest BCUT2D eigenvalue weighted by Crippen LogP contribution is -1.98. The second-order valence-electron chi connectivity index (χ2n) is 1.85. The Morgan fingerprint density at radius 2 is 2.10 bits per heavy atom. The van der Waals surface area contributed by atoms with Crippen molar-refractivity contribution < 1.29 is 14.6 Å². The second kappa shape index (κ2) is 2.06. The van der Waals surface area contributed by atoms with E-state index >= 15 is 0 Å². The molecule has 0 aliphatic carbocycles. The molecular formula is C6H6O4. The molecule has 1 heterocycles. The minimum Gasteiger partial charge on any atom is -0.502 e. The minimum atomic E-state index is -0.638. The van der Waals surface area contributed by atoms with Gasteiger partial charge in [0, 0.05) is 0 Å². The summed E-state index contributed by atoms with van der Waals surface area (Å²) >= 11 is 0. The molecule has 0 amide bonds. The topological polar surface area (TPSA) is 70.7 Å². The fourth-order valence-electron chi connectivity index (χ4n) is 0.589. The first kappa shape index (κ1) is 6.67. The highest BCUT2D eigenvalue weighted by molar-refractivity contribution is 5.24. The molecule has 54 valence electrons. The van der Waals surface area contributed by atoms with Gasteiger partial charge in [0.25, 0.3) is 5.95 Å². The smallest absolute Gasteiger partial charge is 0.286 e. The Bertz CT molecular complexity index is 299. The molecular weight excluding hydrogens is 136 g/mol. The van der Waals surface area contributed by atoms with Crippen LogP contribution in [0.5, 0.6) is 11.7 Å². The van der Waals surface area contributed by atoms with Crippen molar-refractivity contribution in [3.63, 3.8) is 0 Å². The molecule has 2 N–H and O–H groups in total. The normalized spacial score (nSPS) is 9.70. The van der Waals surface area contributed by atoms with E-state index in [1.807, 2.05) is 0 Å². The van der Waals surface area contributed by atoms with E-state index in [2.05, 4.69) is 4.42 Å². The number of aryl methyl sites for hydroxylation is 1. The van der Waals surface area contributed by atoms with Gasteiger partial charge in [-0.3, -0.25) is 4.79 Å². The van der Waals surface area contributed by atoms with E-state index in [9.17, 15) is 4.79 Å². The molecule has 0 atom stereocenters. The van der Waals surface area contributed by atoms with Crippen molar-refractivity contribution >= 4 is 0 Å². The fourth-order valence-corrected chi connectivity index (χ4v) is 0.589. The Balaban J connectivity index is 3.46. The van der Waals surface area contributed by atoms with Crippen LogP contribution in [0.4, 0.5) is 0 Å². The molecule has 4 nitrogen and oxygen atoms in total. The Morgan fingerprint density at radius 3 is 2.60 bits per heavy atom. The van der Waals surface area contributed by atoms with E-state index in [0.29, 0.717) is 0 Å². The molecule has 0 bridgehead atoms. The maximum absolute atomic E-state index is 10.6. The first-order valence-corrected chi connectivity index (χ1v) is 2.64. The van der Waals surface area contributed by atoms with E-state index in [1.54, 1.807) is 0 Å². The van der Waals surface area contributed by atoms with Gasteiger partial charge in [-0.15, -0.1) is 0 Å². The van der Waals surface area contributed by atoms with E-state index in [0.717, 1.165) is 6.07 Å². The molecule has 1 aromatic rings. The fraction of sp³-hybridized carbons (Fsp3) is 0.167. The van der Waals surface area contributed by atoms with Gasteiger partial charge in [0.2, 0.25) is 11.2 Å². The molecule has 0 saturated carbocycles. The SMILES string of the molecule is Cc1oc(O)cc(=O)c1O. The van der Waals surface area contributed by atoms with Crippen LogP contribution in [0.25, 0.3) is 0 Å². The van der Waals surface area contributed by atoms with Gasteiger partial charge in [-0.05, 0) is 6.92 Å². The van der Waals surface area contributed by atoms with Crippen LogP contribution in [-0.4, -0.2) is 10.2 Å². The Hall–Kier alpha value is -1.45. The van der Waals surface area contributed by atoms with Crippen LogP contribution in [0.1, 0.15) is 5.76 Å². The highest BCUT2D eigenvalue weighted by Crippen LogP contribution is 2.14. The summed E-state index contributed by atoms with van der Waals surface area (Å²) < 4.78 is 4.49. The lowest BCUT2D eigenvalue weighted by Gasteiger charge is -1.94. The molecule has 10 heavy (non-hydrogen) atoms. The highest BCUT2D eigenvalue weighted by Gasteiger charge is 2.04. The lowest BCUT2D eigenvalue weighted by atomic mass is 10.4. The van der Waals surface area contributed by atoms with E-state index in [4.69, 9.17) is 10.2 Å². The summed E-state index contributed by atoms with van der Waals surface area (Å²) in [6.07, 6.45) is 0. The molecule has 1 rings (SSSR count). The molecule has 0 saturated heterocycles. The summed E-state index contributed by atoms with van der Waals surface area (Å²) in [5, 5.41) is 17.5. The van der Waals surface area contributed by atoms with Crippen molar-refractivity contribution in [2.75, 3.05) is 0 Å². The maximum atomic E-state index is 10.6. The van der Waals surface area contributed by atoms with Gasteiger partial charge in [0.15, 0.2) is 5.76 Å². The summed E-state index contributed by atoms with van der Waals surface area (Å²) in [6, 6.07) is 0.808. The third-order valence-corrected chi connectivity index (χ3v) is 1.08. The first-order valence-electron chi connectivity index (χ1n) is 2.64. The first-order chi connectivity index (χ1) is 4.61. The van der Waals surface area contributed by atoms with Crippen molar-refractivity contribution in [2.24, 2.45) is 0 Å². The zero-order chi connectivity index (χ0) is 7.72. The van der Waals surface area contributed by atoms with Crippen LogP contribution >= 0.6 is 0 Å². The largest absolute Gasteiger partial charge is 0.502 e. The number of hydrogen-bond donors (Lipinski definition) is 2. The van der Waals surface area contributed by atoms with Crippen molar-refractivity contribution in [3.05, 3.63) is 22.0 Å². The summed E-state index contributed by atoms with van der Waals surface area (Å²) in [7, 11) is 0. The number of rotatable bonds is 0. The van der Waals surface area contributed by atoms with Crippen LogP contribution in [0, 0.1) is 6.92 Å². The molecule has 4 heteroatoms. The quantitative estimate of drug-likeness (QED) is 0.548. The Kier molecular flexibility index (Phi) is 1.37. The number of aromatic hydroxyl groups is 2. The van der Waals surface area contributed by atoms with Crippen molar-refractivity contribution in [2.45, 2.75) is 6.92 Å². The van der Waals surface area contributed by atoms with Gasteiger partial charge in [-0.25, -0.2) is 0 Å². The van der Waals surface area contributed by atoms with Gasteiger partial charge in [-0.2, -0.15) is 0 Å². The van der Waals surface area contributed by atoms with Crippen LogP contribution in [-0.2, 0) is 0 Å². The number of hydrogen-bond acceptors (Lipinski definition) is 4. The van der Waals surface area contributed by atoms with Gasteiger partial charge in [0.05, 0.1) is 6.07 Å². The predicted octanol–water partition coefficient (Wildman–Crippen LogP) is 0.359. The third-order valence-electron chi connectivity index (χ3n) is 1.08. The molecule has 0 aliphatic rings. The average molecular weight is 142 g/mol. The molecule has 1 aromatic heterocycles.